The molecule has 78 valence electrons. The number of allylic oxidation sites excluding steroid dienone is 4. The molecule has 0 amide bonds. The van der Waals surface area contributed by atoms with Crippen molar-refractivity contribution in [2.45, 2.75) is 6.92 Å². The van der Waals surface area contributed by atoms with Gasteiger partial charge in [0.05, 0.1) is 12.2 Å². The first-order valence-electron chi connectivity index (χ1n) is 4.25. The number of rotatable bonds is 4. The Morgan fingerprint density at radius 3 is 2.19 bits per heavy atom. The van der Waals surface area contributed by atoms with Crippen molar-refractivity contribution < 1.29 is 4.74 Å². The van der Waals surface area contributed by atoms with Crippen LogP contribution >= 0.6 is 0 Å². The van der Waals surface area contributed by atoms with Crippen LogP contribution in [0.25, 0.3) is 5.41 Å². The molecule has 0 rings (SSSR count). The molecule has 0 heterocycles. The Bertz CT molecular complexity index is 472. The third-order valence-electron chi connectivity index (χ3n) is 1.37. The molecule has 0 aliphatic carbocycles. The average Bonchev–Trinajstić information content (AvgIpc) is 2.32. The van der Waals surface area contributed by atoms with E-state index in [1.807, 2.05) is 0 Å². The average molecular weight is 211 g/mol. The predicted molar refractivity (Wildman–Crippen MR) is 56.5 cm³/mol. The van der Waals surface area contributed by atoms with Gasteiger partial charge in [-0.3, -0.25) is 5.87 Å². The molecule has 0 spiro atoms. The van der Waals surface area contributed by atoms with E-state index >= 15 is 0 Å². The monoisotopic (exact) mass is 211 g/mol. The number of hydrogen-bond acceptors (Lipinski definition) is 4. The lowest BCUT2D eigenvalue weighted by Gasteiger charge is -2.02. The molecule has 0 atom stereocenters. The molecule has 0 fully saturated rings. The number of nitrogens with zero attached hydrogens (tertiary/aromatic N) is 4. The van der Waals surface area contributed by atoms with Crippen molar-refractivity contribution in [3.05, 3.63) is 34.5 Å². The van der Waals surface area contributed by atoms with Gasteiger partial charge in [0.25, 0.3) is 0 Å². The molecule has 0 bridgehead atoms. The van der Waals surface area contributed by atoms with Crippen molar-refractivity contribution in [3.8, 4) is 18.2 Å². The molecule has 0 aromatic rings. The van der Waals surface area contributed by atoms with Gasteiger partial charge >= 0.3 is 0 Å². The summed E-state index contributed by atoms with van der Waals surface area (Å²) >= 11 is 0. The van der Waals surface area contributed by atoms with Crippen molar-refractivity contribution in [2.75, 3.05) is 6.61 Å². The third kappa shape index (κ3) is 4.44. The summed E-state index contributed by atoms with van der Waals surface area (Å²) in [7, 11) is 0. The zero-order valence-electron chi connectivity index (χ0n) is 8.56. The number of ether oxygens (including phenoxy) is 1. The fourth-order valence-electron chi connectivity index (χ4n) is 0.755. The van der Waals surface area contributed by atoms with Gasteiger partial charge in [-0.25, -0.2) is 0 Å². The normalized spacial score (nSPS) is 8.75. The van der Waals surface area contributed by atoms with Gasteiger partial charge < -0.3 is 10.1 Å². The lowest BCUT2D eigenvalue weighted by atomic mass is 10.2. The van der Waals surface area contributed by atoms with Crippen molar-refractivity contribution in [3.63, 3.8) is 0 Å². The highest BCUT2D eigenvalue weighted by molar-refractivity contribution is 5.70. The Kier molecular flexibility index (Phi) is 6.26. The van der Waals surface area contributed by atoms with Crippen LogP contribution in [0.3, 0.4) is 0 Å². The number of nitriles is 3. The van der Waals surface area contributed by atoms with E-state index in [9.17, 15) is 0 Å². The van der Waals surface area contributed by atoms with Crippen molar-refractivity contribution in [1.29, 1.82) is 15.8 Å². The van der Waals surface area contributed by atoms with Crippen molar-refractivity contribution >= 4 is 5.87 Å². The van der Waals surface area contributed by atoms with E-state index in [1.54, 1.807) is 31.0 Å². The molecule has 5 nitrogen and oxygen atoms in total. The largest absolute Gasteiger partial charge is 0.762 e. The molecule has 0 aliphatic rings. The molecule has 0 N–H and O–H groups in total. The van der Waals surface area contributed by atoms with E-state index in [4.69, 9.17) is 25.9 Å². The van der Waals surface area contributed by atoms with Crippen LogP contribution < -0.4 is 0 Å². The summed E-state index contributed by atoms with van der Waals surface area (Å²) in [6.07, 6.45) is 2.36. The summed E-state index contributed by atoms with van der Waals surface area (Å²) in [6.45, 7) is 2.01. The minimum Gasteiger partial charge on any atom is -0.762 e. The predicted octanol–water partition coefficient (Wildman–Crippen LogP) is 1.57. The van der Waals surface area contributed by atoms with E-state index in [-0.39, 0.29) is 16.9 Å². The molecule has 0 aromatic heterocycles. The maximum absolute atomic E-state index is 8.53. The van der Waals surface area contributed by atoms with Crippen LogP contribution in [0.5, 0.6) is 0 Å². The fraction of sp³-hybridized carbons (Fsp3) is 0.182. The zero-order valence-corrected chi connectivity index (χ0v) is 8.56. The standard InChI is InChI=1S/C11H7N4O/c1-2-16-11(3-9(5-12)6-13)4-10(7-14)8-15/h3-4H,2H2,1H3/q-1. The summed E-state index contributed by atoms with van der Waals surface area (Å²) in [5, 5.41) is 34.1. The molecule has 0 radical (unpaired) electrons. The lowest BCUT2D eigenvalue weighted by Crippen LogP contribution is -1.91. The first-order chi connectivity index (χ1) is 7.71. The minimum absolute atomic E-state index is 0.138. The van der Waals surface area contributed by atoms with Gasteiger partial charge in [-0.05, 0) is 6.92 Å². The second kappa shape index (κ2) is 7.59. The van der Waals surface area contributed by atoms with Crippen LogP contribution in [0.2, 0.25) is 0 Å². The Balaban J connectivity index is 5.30. The van der Waals surface area contributed by atoms with E-state index in [0.29, 0.717) is 6.61 Å². The smallest absolute Gasteiger partial charge is 0.133 e. The van der Waals surface area contributed by atoms with Gasteiger partial charge in [-0.15, -0.1) is 0 Å². The second-order valence-corrected chi connectivity index (χ2v) is 2.40. The third-order valence-corrected chi connectivity index (χ3v) is 1.37. The first-order valence-corrected chi connectivity index (χ1v) is 4.25. The van der Waals surface area contributed by atoms with Crippen molar-refractivity contribution in [1.82, 2.24) is 0 Å². The molecule has 0 unspecified atom stereocenters. The lowest BCUT2D eigenvalue weighted by molar-refractivity contribution is 0.242. The van der Waals surface area contributed by atoms with E-state index < -0.39 is 0 Å². The summed E-state index contributed by atoms with van der Waals surface area (Å²) in [6, 6.07) is 4.96. The van der Waals surface area contributed by atoms with Crippen LogP contribution in [-0.2, 0) is 4.74 Å². The molecule has 16 heavy (non-hydrogen) atoms. The van der Waals surface area contributed by atoms with E-state index in [2.05, 4.69) is 0 Å². The molecule has 0 saturated carbocycles. The molecule has 0 saturated heterocycles. The Morgan fingerprint density at radius 2 is 1.81 bits per heavy atom. The Morgan fingerprint density at radius 1 is 1.19 bits per heavy atom. The summed E-state index contributed by atoms with van der Waals surface area (Å²) in [5.74, 6) is 1.79. The second-order valence-electron chi connectivity index (χ2n) is 2.40. The maximum Gasteiger partial charge on any atom is 0.133 e. The number of hydrogen-bond donors (Lipinski definition) is 0. The topological polar surface area (TPSA) is 103 Å². The van der Waals surface area contributed by atoms with Gasteiger partial charge in [-0.1, -0.05) is 0 Å². The van der Waals surface area contributed by atoms with Crippen LogP contribution in [0.1, 0.15) is 6.92 Å². The highest BCUT2D eigenvalue weighted by atomic mass is 16.5. The molecule has 5 heteroatoms. The van der Waals surface area contributed by atoms with Gasteiger partial charge in [-0.2, -0.15) is 15.8 Å². The Labute approximate surface area is 93.3 Å². The van der Waals surface area contributed by atoms with Crippen LogP contribution in [-0.4, -0.2) is 12.5 Å². The fourth-order valence-corrected chi connectivity index (χ4v) is 0.755. The van der Waals surface area contributed by atoms with Gasteiger partial charge in [0, 0.05) is 12.2 Å². The molecular formula is C11H7N4O-. The Hall–Kier alpha value is -2.80. The van der Waals surface area contributed by atoms with Gasteiger partial charge in [0.15, 0.2) is 0 Å². The SMILES string of the molecule is CCOC(C=C(C#N)C#N)=CC(=C=[N-])C#N. The summed E-state index contributed by atoms with van der Waals surface area (Å²) in [4.78, 5) is 0. The quantitative estimate of drug-likeness (QED) is 0.304. The van der Waals surface area contributed by atoms with Crippen LogP contribution in [0.4, 0.5) is 0 Å². The molecular weight excluding hydrogens is 204 g/mol. The maximum atomic E-state index is 8.53. The van der Waals surface area contributed by atoms with Gasteiger partial charge in [0.1, 0.15) is 29.5 Å². The minimum atomic E-state index is -0.157. The van der Waals surface area contributed by atoms with Gasteiger partial charge in [0.2, 0.25) is 0 Å². The van der Waals surface area contributed by atoms with E-state index in [0.717, 1.165) is 0 Å². The van der Waals surface area contributed by atoms with E-state index in [1.165, 1.54) is 12.2 Å². The first kappa shape index (κ1) is 13.2. The summed E-state index contributed by atoms with van der Waals surface area (Å²) < 4.78 is 5.07. The molecule has 0 aliphatic heterocycles. The van der Waals surface area contributed by atoms with Crippen LogP contribution in [0.15, 0.2) is 29.1 Å². The summed E-state index contributed by atoms with van der Waals surface area (Å²) in [5.41, 5.74) is -0.315. The van der Waals surface area contributed by atoms with Crippen LogP contribution in [0, 0.1) is 34.0 Å². The zero-order chi connectivity index (χ0) is 12.4. The highest BCUT2D eigenvalue weighted by Crippen LogP contribution is 2.06. The highest BCUT2D eigenvalue weighted by Gasteiger charge is 1.99. The van der Waals surface area contributed by atoms with Crippen molar-refractivity contribution in [2.24, 2.45) is 0 Å². The molecule has 0 aromatic carbocycles.